The molecular formula is C13H23N3O. The van der Waals surface area contributed by atoms with Crippen LogP contribution in [0.3, 0.4) is 0 Å². The van der Waals surface area contributed by atoms with E-state index < -0.39 is 0 Å². The fraction of sp³-hybridized carbons (Fsp3) is 0.769. The molecule has 1 aromatic heterocycles. The Morgan fingerprint density at radius 3 is 3.00 bits per heavy atom. The Morgan fingerprint density at radius 2 is 2.35 bits per heavy atom. The van der Waals surface area contributed by atoms with Gasteiger partial charge in [-0.1, -0.05) is 13.8 Å². The molecule has 2 rings (SSSR count). The number of nitrogens with one attached hydrogen (secondary N) is 1. The highest BCUT2D eigenvalue weighted by molar-refractivity contribution is 4.93. The molecule has 1 N–H and O–H groups in total. The predicted octanol–water partition coefficient (Wildman–Crippen LogP) is 1.95. The average molecular weight is 237 g/mol. The Labute approximate surface area is 103 Å². The van der Waals surface area contributed by atoms with Crippen molar-refractivity contribution in [1.82, 2.24) is 14.9 Å². The fourth-order valence-corrected chi connectivity index (χ4v) is 2.21. The van der Waals surface area contributed by atoms with Crippen molar-refractivity contribution in [2.24, 2.45) is 0 Å². The fourth-order valence-electron chi connectivity index (χ4n) is 2.21. The van der Waals surface area contributed by atoms with Crippen molar-refractivity contribution in [3.63, 3.8) is 0 Å². The Kier molecular flexibility index (Phi) is 4.18. The standard InChI is InChI=1S/C13H23N3O/c1-10(2)15-8-13-14-6-7-16(13)9-12-5-4-11(3)17-12/h6-7,10-12,15H,4-5,8-9H2,1-3H3. The summed E-state index contributed by atoms with van der Waals surface area (Å²) in [5, 5.41) is 3.40. The lowest BCUT2D eigenvalue weighted by atomic mass is 10.2. The van der Waals surface area contributed by atoms with E-state index in [2.05, 4.69) is 35.6 Å². The molecule has 1 aliphatic rings. The molecule has 2 heterocycles. The largest absolute Gasteiger partial charge is 0.373 e. The number of aromatic nitrogens is 2. The molecule has 1 saturated heterocycles. The quantitative estimate of drug-likeness (QED) is 0.850. The van der Waals surface area contributed by atoms with Crippen molar-refractivity contribution in [1.29, 1.82) is 0 Å². The van der Waals surface area contributed by atoms with Crippen LogP contribution in [0.5, 0.6) is 0 Å². The van der Waals surface area contributed by atoms with Gasteiger partial charge in [-0.15, -0.1) is 0 Å². The number of rotatable bonds is 5. The van der Waals surface area contributed by atoms with Gasteiger partial charge < -0.3 is 14.6 Å². The van der Waals surface area contributed by atoms with E-state index in [-0.39, 0.29) is 0 Å². The topological polar surface area (TPSA) is 39.1 Å². The Balaban J connectivity index is 1.89. The van der Waals surface area contributed by atoms with E-state index in [1.54, 1.807) is 0 Å². The minimum Gasteiger partial charge on any atom is -0.373 e. The maximum Gasteiger partial charge on any atom is 0.122 e. The predicted molar refractivity (Wildman–Crippen MR) is 67.8 cm³/mol. The molecule has 1 aromatic rings. The normalized spacial score (nSPS) is 24.7. The molecule has 1 aliphatic heterocycles. The van der Waals surface area contributed by atoms with Crippen LogP contribution in [0.4, 0.5) is 0 Å². The first-order valence-electron chi connectivity index (χ1n) is 6.54. The molecule has 1 fully saturated rings. The van der Waals surface area contributed by atoms with Crippen LogP contribution in [0.25, 0.3) is 0 Å². The van der Waals surface area contributed by atoms with Gasteiger partial charge in [0.05, 0.1) is 25.3 Å². The van der Waals surface area contributed by atoms with Crippen molar-refractivity contribution in [2.45, 2.75) is 65.0 Å². The summed E-state index contributed by atoms with van der Waals surface area (Å²) >= 11 is 0. The molecule has 0 aromatic carbocycles. The van der Waals surface area contributed by atoms with Gasteiger partial charge >= 0.3 is 0 Å². The number of imidazole rings is 1. The van der Waals surface area contributed by atoms with E-state index in [9.17, 15) is 0 Å². The first kappa shape index (κ1) is 12.6. The summed E-state index contributed by atoms with van der Waals surface area (Å²) in [5.74, 6) is 1.10. The van der Waals surface area contributed by atoms with Crippen LogP contribution in [0.2, 0.25) is 0 Å². The van der Waals surface area contributed by atoms with Crippen LogP contribution in [0.1, 0.15) is 39.4 Å². The molecule has 0 aliphatic carbocycles. The number of ether oxygens (including phenoxy) is 1. The van der Waals surface area contributed by atoms with Crippen LogP contribution < -0.4 is 5.32 Å². The molecule has 96 valence electrons. The minimum absolute atomic E-state index is 0.358. The van der Waals surface area contributed by atoms with Crippen molar-refractivity contribution in [3.05, 3.63) is 18.2 Å². The van der Waals surface area contributed by atoms with Gasteiger partial charge in [0.2, 0.25) is 0 Å². The van der Waals surface area contributed by atoms with Crippen molar-refractivity contribution >= 4 is 0 Å². The number of hydrogen-bond acceptors (Lipinski definition) is 3. The third-order valence-electron chi connectivity index (χ3n) is 3.19. The van der Waals surface area contributed by atoms with Crippen molar-refractivity contribution < 1.29 is 4.74 Å². The van der Waals surface area contributed by atoms with Gasteiger partial charge in [-0.05, 0) is 19.8 Å². The summed E-state index contributed by atoms with van der Waals surface area (Å²) in [6.07, 6.45) is 7.03. The zero-order valence-electron chi connectivity index (χ0n) is 11.0. The van der Waals surface area contributed by atoms with E-state index in [1.807, 2.05) is 12.4 Å². The second-order valence-electron chi connectivity index (χ2n) is 5.18. The van der Waals surface area contributed by atoms with Crippen LogP contribution in [0.15, 0.2) is 12.4 Å². The zero-order chi connectivity index (χ0) is 12.3. The lowest BCUT2D eigenvalue weighted by Crippen LogP contribution is -2.25. The summed E-state index contributed by atoms with van der Waals surface area (Å²) in [5.41, 5.74) is 0. The first-order chi connectivity index (χ1) is 8.15. The zero-order valence-corrected chi connectivity index (χ0v) is 11.0. The first-order valence-corrected chi connectivity index (χ1v) is 6.54. The van der Waals surface area contributed by atoms with Gasteiger partial charge in [0.25, 0.3) is 0 Å². The number of hydrogen-bond donors (Lipinski definition) is 1. The highest BCUT2D eigenvalue weighted by Gasteiger charge is 2.22. The minimum atomic E-state index is 0.358. The van der Waals surface area contributed by atoms with Crippen molar-refractivity contribution in [2.75, 3.05) is 0 Å². The van der Waals surface area contributed by atoms with E-state index >= 15 is 0 Å². The molecule has 0 saturated carbocycles. The lowest BCUT2D eigenvalue weighted by molar-refractivity contribution is 0.0452. The molecule has 17 heavy (non-hydrogen) atoms. The highest BCUT2D eigenvalue weighted by Crippen LogP contribution is 2.20. The maximum absolute atomic E-state index is 5.85. The van der Waals surface area contributed by atoms with Crippen LogP contribution in [-0.4, -0.2) is 27.8 Å². The highest BCUT2D eigenvalue weighted by atomic mass is 16.5. The molecule has 4 heteroatoms. The van der Waals surface area contributed by atoms with Gasteiger partial charge in [-0.2, -0.15) is 0 Å². The smallest absolute Gasteiger partial charge is 0.122 e. The van der Waals surface area contributed by atoms with E-state index in [0.717, 1.165) is 25.3 Å². The summed E-state index contributed by atoms with van der Waals surface area (Å²) < 4.78 is 8.05. The summed E-state index contributed by atoms with van der Waals surface area (Å²) in [6.45, 7) is 8.20. The molecule has 0 spiro atoms. The molecule has 4 nitrogen and oxygen atoms in total. The molecule has 0 bridgehead atoms. The third kappa shape index (κ3) is 3.54. The van der Waals surface area contributed by atoms with Gasteiger partial charge in [0.15, 0.2) is 0 Å². The Bertz CT molecular complexity index is 348. The maximum atomic E-state index is 5.85. The van der Waals surface area contributed by atoms with Crippen LogP contribution in [-0.2, 0) is 17.8 Å². The lowest BCUT2D eigenvalue weighted by Gasteiger charge is -2.15. The molecular weight excluding hydrogens is 214 g/mol. The third-order valence-corrected chi connectivity index (χ3v) is 3.19. The number of nitrogens with zero attached hydrogens (tertiary/aromatic N) is 2. The van der Waals surface area contributed by atoms with E-state index in [0.29, 0.717) is 18.2 Å². The van der Waals surface area contributed by atoms with E-state index in [4.69, 9.17) is 4.74 Å². The second kappa shape index (κ2) is 5.65. The van der Waals surface area contributed by atoms with Gasteiger partial charge in [0, 0.05) is 18.4 Å². The van der Waals surface area contributed by atoms with Crippen molar-refractivity contribution in [3.8, 4) is 0 Å². The monoisotopic (exact) mass is 237 g/mol. The average Bonchev–Trinajstić information content (AvgIpc) is 2.86. The molecule has 0 amide bonds. The van der Waals surface area contributed by atoms with Crippen LogP contribution >= 0.6 is 0 Å². The summed E-state index contributed by atoms with van der Waals surface area (Å²) in [6, 6.07) is 0.489. The second-order valence-corrected chi connectivity index (χ2v) is 5.18. The van der Waals surface area contributed by atoms with E-state index in [1.165, 1.54) is 6.42 Å². The Hall–Kier alpha value is -0.870. The molecule has 0 radical (unpaired) electrons. The van der Waals surface area contributed by atoms with Gasteiger partial charge in [-0.25, -0.2) is 4.98 Å². The van der Waals surface area contributed by atoms with Gasteiger partial charge in [-0.3, -0.25) is 0 Å². The summed E-state index contributed by atoms with van der Waals surface area (Å²) in [7, 11) is 0. The van der Waals surface area contributed by atoms with Crippen LogP contribution in [0, 0.1) is 0 Å². The SMILES string of the molecule is CC(C)NCc1nccn1CC1CCC(C)O1. The molecule has 2 unspecified atom stereocenters. The Morgan fingerprint density at radius 1 is 1.53 bits per heavy atom. The summed E-state index contributed by atoms with van der Waals surface area (Å²) in [4.78, 5) is 4.39. The molecule has 2 atom stereocenters. The van der Waals surface area contributed by atoms with Gasteiger partial charge in [0.1, 0.15) is 5.82 Å².